The van der Waals surface area contributed by atoms with Crippen molar-refractivity contribution in [2.45, 2.75) is 12.5 Å². The molecule has 1 aliphatic rings. The number of phenolic OH excluding ortho intramolecular Hbond substituents is 1. The molecule has 0 aromatic heterocycles. The lowest BCUT2D eigenvalue weighted by atomic mass is 10.1. The SMILES string of the molecule is CN1CCC(NC(=O)c2cc(F)ccc2O)C1. The molecule has 0 aliphatic carbocycles. The number of aromatic hydroxyl groups is 1. The second-order valence-corrected chi connectivity index (χ2v) is 4.38. The number of nitrogens with zero attached hydrogens (tertiary/aromatic N) is 1. The van der Waals surface area contributed by atoms with Crippen LogP contribution in [-0.2, 0) is 0 Å². The van der Waals surface area contributed by atoms with Crippen LogP contribution in [0.5, 0.6) is 5.75 Å². The number of halogens is 1. The summed E-state index contributed by atoms with van der Waals surface area (Å²) in [6.45, 7) is 1.71. The van der Waals surface area contributed by atoms with Gasteiger partial charge in [0.05, 0.1) is 5.56 Å². The monoisotopic (exact) mass is 238 g/mol. The van der Waals surface area contributed by atoms with Crippen molar-refractivity contribution in [3.05, 3.63) is 29.6 Å². The maximum Gasteiger partial charge on any atom is 0.255 e. The van der Waals surface area contributed by atoms with Crippen molar-refractivity contribution in [3.8, 4) is 5.75 Å². The van der Waals surface area contributed by atoms with E-state index in [9.17, 15) is 14.3 Å². The van der Waals surface area contributed by atoms with Crippen LogP contribution in [-0.4, -0.2) is 42.1 Å². The average molecular weight is 238 g/mol. The van der Waals surface area contributed by atoms with Crippen LogP contribution >= 0.6 is 0 Å². The van der Waals surface area contributed by atoms with Gasteiger partial charge < -0.3 is 15.3 Å². The van der Waals surface area contributed by atoms with Gasteiger partial charge in [0.15, 0.2) is 0 Å². The minimum Gasteiger partial charge on any atom is -0.507 e. The molecule has 1 aromatic rings. The third-order valence-corrected chi connectivity index (χ3v) is 2.93. The summed E-state index contributed by atoms with van der Waals surface area (Å²) in [4.78, 5) is 13.9. The number of amides is 1. The molecule has 92 valence electrons. The van der Waals surface area contributed by atoms with Crippen molar-refractivity contribution >= 4 is 5.91 Å². The van der Waals surface area contributed by atoms with Gasteiger partial charge in [0.1, 0.15) is 11.6 Å². The maximum absolute atomic E-state index is 13.0. The highest BCUT2D eigenvalue weighted by Crippen LogP contribution is 2.18. The first-order valence-electron chi connectivity index (χ1n) is 5.54. The van der Waals surface area contributed by atoms with Gasteiger partial charge in [0.2, 0.25) is 0 Å². The van der Waals surface area contributed by atoms with Crippen LogP contribution in [0.2, 0.25) is 0 Å². The summed E-state index contributed by atoms with van der Waals surface area (Å²) in [7, 11) is 1.98. The minimum atomic E-state index is -0.531. The number of nitrogens with one attached hydrogen (secondary N) is 1. The van der Waals surface area contributed by atoms with E-state index in [1.165, 1.54) is 6.07 Å². The summed E-state index contributed by atoms with van der Waals surface area (Å²) in [6, 6.07) is 3.42. The van der Waals surface area contributed by atoms with Crippen LogP contribution in [0.4, 0.5) is 4.39 Å². The highest BCUT2D eigenvalue weighted by atomic mass is 19.1. The second-order valence-electron chi connectivity index (χ2n) is 4.38. The van der Waals surface area contributed by atoms with Crippen LogP contribution < -0.4 is 5.32 Å². The molecule has 1 atom stereocenters. The Kier molecular flexibility index (Phi) is 3.28. The van der Waals surface area contributed by atoms with E-state index in [1.54, 1.807) is 0 Å². The average Bonchev–Trinajstić information content (AvgIpc) is 2.67. The van der Waals surface area contributed by atoms with Crippen molar-refractivity contribution in [1.82, 2.24) is 10.2 Å². The topological polar surface area (TPSA) is 52.6 Å². The van der Waals surface area contributed by atoms with Gasteiger partial charge in [-0.3, -0.25) is 4.79 Å². The summed E-state index contributed by atoms with van der Waals surface area (Å²) < 4.78 is 13.0. The number of hydrogen-bond acceptors (Lipinski definition) is 3. The molecule has 1 unspecified atom stereocenters. The third kappa shape index (κ3) is 2.74. The molecule has 1 aromatic carbocycles. The van der Waals surface area contributed by atoms with E-state index in [2.05, 4.69) is 10.2 Å². The zero-order valence-electron chi connectivity index (χ0n) is 9.61. The van der Waals surface area contributed by atoms with Gasteiger partial charge in [-0.25, -0.2) is 4.39 Å². The molecule has 17 heavy (non-hydrogen) atoms. The first kappa shape index (κ1) is 11.9. The van der Waals surface area contributed by atoms with E-state index >= 15 is 0 Å². The quantitative estimate of drug-likeness (QED) is 0.807. The van der Waals surface area contributed by atoms with Crippen molar-refractivity contribution in [1.29, 1.82) is 0 Å². The Morgan fingerprint density at radius 3 is 3.00 bits per heavy atom. The number of hydrogen-bond donors (Lipinski definition) is 2. The fourth-order valence-electron chi connectivity index (χ4n) is 2.01. The largest absolute Gasteiger partial charge is 0.507 e. The Balaban J connectivity index is 2.06. The predicted molar refractivity (Wildman–Crippen MR) is 61.4 cm³/mol. The van der Waals surface area contributed by atoms with Crippen molar-refractivity contribution in [3.63, 3.8) is 0 Å². The van der Waals surface area contributed by atoms with Gasteiger partial charge in [-0.1, -0.05) is 0 Å². The van der Waals surface area contributed by atoms with Crippen molar-refractivity contribution in [2.75, 3.05) is 20.1 Å². The number of carbonyl (C=O) groups excluding carboxylic acids is 1. The number of benzene rings is 1. The first-order chi connectivity index (χ1) is 8.06. The first-order valence-corrected chi connectivity index (χ1v) is 5.54. The van der Waals surface area contributed by atoms with Gasteiger partial charge >= 0.3 is 0 Å². The number of likely N-dealkylation sites (N-methyl/N-ethyl adjacent to an activating group) is 1. The summed E-state index contributed by atoms with van der Waals surface area (Å²) in [5, 5.41) is 12.3. The third-order valence-electron chi connectivity index (χ3n) is 2.93. The molecule has 1 saturated heterocycles. The summed E-state index contributed by atoms with van der Waals surface area (Å²) in [6.07, 6.45) is 0.873. The highest BCUT2D eigenvalue weighted by Gasteiger charge is 2.22. The smallest absolute Gasteiger partial charge is 0.255 e. The van der Waals surface area contributed by atoms with E-state index in [0.717, 1.165) is 31.6 Å². The molecule has 1 fully saturated rings. The lowest BCUT2D eigenvalue weighted by Gasteiger charge is -2.13. The molecule has 5 heteroatoms. The normalized spacial score (nSPS) is 20.5. The van der Waals surface area contributed by atoms with E-state index in [4.69, 9.17) is 0 Å². The van der Waals surface area contributed by atoms with Gasteiger partial charge in [-0.05, 0) is 38.2 Å². The summed E-state index contributed by atoms with van der Waals surface area (Å²) in [5.74, 6) is -1.16. The van der Waals surface area contributed by atoms with Crippen molar-refractivity contribution in [2.24, 2.45) is 0 Å². The zero-order valence-corrected chi connectivity index (χ0v) is 9.61. The van der Waals surface area contributed by atoms with Crippen LogP contribution in [0, 0.1) is 5.82 Å². The molecule has 0 spiro atoms. The highest BCUT2D eigenvalue weighted by molar-refractivity contribution is 5.97. The Morgan fingerprint density at radius 1 is 1.59 bits per heavy atom. The zero-order chi connectivity index (χ0) is 12.4. The molecule has 1 amide bonds. The Bertz CT molecular complexity index is 437. The number of rotatable bonds is 2. The predicted octanol–water partition coefficient (Wildman–Crippen LogP) is 0.965. The van der Waals surface area contributed by atoms with Gasteiger partial charge in [-0.15, -0.1) is 0 Å². The summed E-state index contributed by atoms with van der Waals surface area (Å²) >= 11 is 0. The van der Waals surface area contributed by atoms with Crippen molar-refractivity contribution < 1.29 is 14.3 Å². The van der Waals surface area contributed by atoms with Crippen LogP contribution in [0.3, 0.4) is 0 Å². The fourth-order valence-corrected chi connectivity index (χ4v) is 2.01. The summed E-state index contributed by atoms with van der Waals surface area (Å²) in [5.41, 5.74) is -0.0143. The van der Waals surface area contributed by atoms with E-state index in [-0.39, 0.29) is 17.4 Å². The van der Waals surface area contributed by atoms with E-state index < -0.39 is 11.7 Å². The van der Waals surface area contributed by atoms with Gasteiger partial charge in [0.25, 0.3) is 5.91 Å². The van der Waals surface area contributed by atoms with Gasteiger partial charge in [-0.2, -0.15) is 0 Å². The lowest BCUT2D eigenvalue weighted by Crippen LogP contribution is -2.36. The fraction of sp³-hybridized carbons (Fsp3) is 0.417. The standard InChI is InChI=1S/C12H15FN2O2/c1-15-5-4-9(7-15)14-12(17)10-6-8(13)2-3-11(10)16/h2-3,6,9,16H,4-5,7H2,1H3,(H,14,17). The molecule has 1 heterocycles. The molecule has 2 N–H and O–H groups in total. The Hall–Kier alpha value is -1.62. The maximum atomic E-state index is 13.0. The number of phenols is 1. The number of carbonyl (C=O) groups is 1. The molecular formula is C12H15FN2O2. The molecular weight excluding hydrogens is 223 g/mol. The Labute approximate surface area is 99.0 Å². The molecule has 0 radical (unpaired) electrons. The van der Waals surface area contributed by atoms with Crippen LogP contribution in [0.1, 0.15) is 16.8 Å². The Morgan fingerprint density at radius 2 is 2.35 bits per heavy atom. The molecule has 1 aliphatic heterocycles. The van der Waals surface area contributed by atoms with Gasteiger partial charge in [0, 0.05) is 12.6 Å². The molecule has 0 saturated carbocycles. The van der Waals surface area contributed by atoms with Crippen LogP contribution in [0.25, 0.3) is 0 Å². The van der Waals surface area contributed by atoms with Crippen LogP contribution in [0.15, 0.2) is 18.2 Å². The lowest BCUT2D eigenvalue weighted by molar-refractivity contribution is 0.0935. The molecule has 0 bridgehead atoms. The minimum absolute atomic E-state index is 0.0143. The molecule has 4 nitrogen and oxygen atoms in total. The number of likely N-dealkylation sites (tertiary alicyclic amines) is 1. The van der Waals surface area contributed by atoms with E-state index in [0.29, 0.717) is 0 Å². The second kappa shape index (κ2) is 4.71. The van der Waals surface area contributed by atoms with E-state index in [1.807, 2.05) is 7.05 Å². The molecule has 2 rings (SSSR count).